The first-order chi connectivity index (χ1) is 19.6. The minimum Gasteiger partial charge on any atom is -0.467 e. The number of esters is 1. The Kier molecular flexibility index (Phi) is 7.27. The quantitative estimate of drug-likeness (QED) is 0.309. The Bertz CT molecular complexity index is 1900. The standard InChI is InChI=1S/C30H23F3N4O4/c1-15-19-14-17(31)8-10-23(19)37(2)29(39)24(15)18-9-7-16(26-27(18)35-12-11-34-26)13-22(30(40)41-3)36-28(38)25-20(32)5-4-6-21(25)33/h4-12,14,22H,13H2,1-3H3,(H,36,38)/t22-/m0/s1. The highest BCUT2D eigenvalue weighted by Gasteiger charge is 2.27. The topological polar surface area (TPSA) is 103 Å². The number of ether oxygens (including phenoxy) is 1. The molecule has 1 atom stereocenters. The number of fused-ring (bicyclic) bond motifs is 2. The van der Waals surface area contributed by atoms with Gasteiger partial charge in [0.25, 0.3) is 11.5 Å². The van der Waals surface area contributed by atoms with Crippen LogP contribution in [0.4, 0.5) is 13.2 Å². The molecular formula is C30H23F3N4O4. The van der Waals surface area contributed by atoms with Crippen LogP contribution >= 0.6 is 0 Å². The summed E-state index contributed by atoms with van der Waals surface area (Å²) in [5.74, 6) is -4.60. The molecular weight excluding hydrogens is 537 g/mol. The summed E-state index contributed by atoms with van der Waals surface area (Å²) in [4.78, 5) is 47.7. The predicted molar refractivity (Wildman–Crippen MR) is 146 cm³/mol. The number of aromatic nitrogens is 3. The van der Waals surface area contributed by atoms with Gasteiger partial charge in [0.1, 0.15) is 29.1 Å². The van der Waals surface area contributed by atoms with Crippen LogP contribution in [0, 0.1) is 24.4 Å². The van der Waals surface area contributed by atoms with E-state index in [-0.39, 0.29) is 12.0 Å². The summed E-state index contributed by atoms with van der Waals surface area (Å²) < 4.78 is 48.8. The van der Waals surface area contributed by atoms with Crippen molar-refractivity contribution in [3.05, 3.63) is 105 Å². The zero-order chi connectivity index (χ0) is 29.4. The zero-order valence-electron chi connectivity index (χ0n) is 22.2. The van der Waals surface area contributed by atoms with Crippen molar-refractivity contribution >= 4 is 33.8 Å². The van der Waals surface area contributed by atoms with Gasteiger partial charge in [-0.15, -0.1) is 0 Å². The maximum atomic E-state index is 14.2. The van der Waals surface area contributed by atoms with Gasteiger partial charge in [-0.3, -0.25) is 19.6 Å². The maximum Gasteiger partial charge on any atom is 0.328 e. The highest BCUT2D eigenvalue weighted by Crippen LogP contribution is 2.32. The lowest BCUT2D eigenvalue weighted by atomic mass is 9.94. The average molecular weight is 561 g/mol. The fourth-order valence-electron chi connectivity index (χ4n) is 4.97. The molecule has 2 heterocycles. The average Bonchev–Trinajstić information content (AvgIpc) is 2.96. The van der Waals surface area contributed by atoms with Crippen molar-refractivity contribution in [2.45, 2.75) is 19.4 Å². The van der Waals surface area contributed by atoms with E-state index in [1.165, 1.54) is 35.2 Å². The molecule has 0 radical (unpaired) electrons. The SMILES string of the molecule is COC(=O)[C@H](Cc1ccc(-c2c(C)c3cc(F)ccc3n(C)c2=O)c2nccnc12)NC(=O)c1c(F)cccc1F. The molecule has 11 heteroatoms. The van der Waals surface area contributed by atoms with Crippen LogP contribution in [0.25, 0.3) is 33.1 Å². The molecule has 0 aliphatic carbocycles. The molecule has 0 aliphatic heterocycles. The van der Waals surface area contributed by atoms with E-state index < -0.39 is 40.9 Å². The number of hydrogen-bond acceptors (Lipinski definition) is 6. The molecule has 1 N–H and O–H groups in total. The Hall–Kier alpha value is -5.06. The summed E-state index contributed by atoms with van der Waals surface area (Å²) in [5, 5.41) is 2.90. The second kappa shape index (κ2) is 10.8. The largest absolute Gasteiger partial charge is 0.467 e. The third-order valence-corrected chi connectivity index (χ3v) is 7.00. The molecule has 0 aliphatic rings. The molecule has 0 saturated carbocycles. The van der Waals surface area contributed by atoms with Gasteiger partial charge < -0.3 is 14.6 Å². The van der Waals surface area contributed by atoms with E-state index in [9.17, 15) is 27.6 Å². The lowest BCUT2D eigenvalue weighted by Crippen LogP contribution is -2.43. The first-order valence-corrected chi connectivity index (χ1v) is 12.5. The van der Waals surface area contributed by atoms with Crippen LogP contribution < -0.4 is 10.9 Å². The first-order valence-electron chi connectivity index (χ1n) is 12.5. The van der Waals surface area contributed by atoms with E-state index in [1.807, 2.05) is 0 Å². The van der Waals surface area contributed by atoms with Crippen LogP contribution in [0.2, 0.25) is 0 Å². The smallest absolute Gasteiger partial charge is 0.328 e. The summed E-state index contributed by atoms with van der Waals surface area (Å²) in [5.41, 5.74) is 1.79. The molecule has 0 spiro atoms. The van der Waals surface area contributed by atoms with Gasteiger partial charge in [0.2, 0.25) is 0 Å². The monoisotopic (exact) mass is 560 g/mol. The maximum absolute atomic E-state index is 14.2. The summed E-state index contributed by atoms with van der Waals surface area (Å²) >= 11 is 0. The Morgan fingerprint density at radius 3 is 2.37 bits per heavy atom. The van der Waals surface area contributed by atoms with Crippen LogP contribution in [0.3, 0.4) is 0 Å². The van der Waals surface area contributed by atoms with Gasteiger partial charge in [-0.25, -0.2) is 18.0 Å². The molecule has 2 aromatic heterocycles. The number of benzene rings is 3. The predicted octanol–water partition coefficient (Wildman–Crippen LogP) is 4.39. The Balaban J connectivity index is 1.61. The second-order valence-corrected chi connectivity index (χ2v) is 9.40. The van der Waals surface area contributed by atoms with Crippen molar-refractivity contribution < 1.29 is 27.5 Å². The van der Waals surface area contributed by atoms with E-state index in [0.717, 1.165) is 25.3 Å². The van der Waals surface area contributed by atoms with Crippen molar-refractivity contribution in [3.63, 3.8) is 0 Å². The number of carbonyl (C=O) groups excluding carboxylic acids is 2. The van der Waals surface area contributed by atoms with E-state index in [1.54, 1.807) is 26.1 Å². The summed E-state index contributed by atoms with van der Waals surface area (Å²) in [7, 11) is 2.71. The summed E-state index contributed by atoms with van der Waals surface area (Å²) in [6, 6.07) is 9.08. The molecule has 0 bridgehead atoms. The van der Waals surface area contributed by atoms with Gasteiger partial charge in [-0.2, -0.15) is 0 Å². The van der Waals surface area contributed by atoms with Gasteiger partial charge in [0.05, 0.1) is 29.2 Å². The minimum atomic E-state index is -1.33. The molecule has 208 valence electrons. The number of nitrogens with zero attached hydrogens (tertiary/aromatic N) is 3. The molecule has 0 unspecified atom stereocenters. The third kappa shape index (κ3) is 4.90. The molecule has 41 heavy (non-hydrogen) atoms. The molecule has 5 rings (SSSR count). The number of hydrogen-bond donors (Lipinski definition) is 1. The number of aryl methyl sites for hydroxylation is 2. The third-order valence-electron chi connectivity index (χ3n) is 7.00. The molecule has 3 aromatic carbocycles. The van der Waals surface area contributed by atoms with Gasteiger partial charge in [-0.1, -0.05) is 18.2 Å². The first kappa shape index (κ1) is 27.5. The summed E-state index contributed by atoms with van der Waals surface area (Å²) in [6.07, 6.45) is 2.71. The number of methoxy groups -OCH3 is 1. The van der Waals surface area contributed by atoms with Gasteiger partial charge in [0, 0.05) is 36.8 Å². The second-order valence-electron chi connectivity index (χ2n) is 9.40. The fraction of sp³-hybridized carbons (Fsp3) is 0.167. The Morgan fingerprint density at radius 1 is 1.00 bits per heavy atom. The van der Waals surface area contributed by atoms with E-state index in [4.69, 9.17) is 4.74 Å². The number of nitrogens with one attached hydrogen (secondary N) is 1. The molecule has 8 nitrogen and oxygen atoms in total. The highest BCUT2D eigenvalue weighted by molar-refractivity contribution is 5.99. The number of carbonyl (C=O) groups is 2. The van der Waals surface area contributed by atoms with Crippen LogP contribution in [-0.2, 0) is 23.0 Å². The minimum absolute atomic E-state index is 0.163. The van der Waals surface area contributed by atoms with Crippen LogP contribution in [0.5, 0.6) is 0 Å². The number of amides is 1. The van der Waals surface area contributed by atoms with Crippen molar-refractivity contribution in [2.75, 3.05) is 7.11 Å². The number of halogens is 3. The normalized spacial score (nSPS) is 12.0. The van der Waals surface area contributed by atoms with Gasteiger partial charge in [-0.05, 0) is 48.4 Å². The van der Waals surface area contributed by atoms with Crippen molar-refractivity contribution in [1.82, 2.24) is 19.9 Å². The van der Waals surface area contributed by atoms with Crippen LogP contribution in [0.15, 0.2) is 65.7 Å². The van der Waals surface area contributed by atoms with Gasteiger partial charge in [0.15, 0.2) is 0 Å². The van der Waals surface area contributed by atoms with Crippen LogP contribution in [0.1, 0.15) is 21.5 Å². The van der Waals surface area contributed by atoms with E-state index in [0.29, 0.717) is 44.2 Å². The van der Waals surface area contributed by atoms with E-state index in [2.05, 4.69) is 15.3 Å². The fourth-order valence-corrected chi connectivity index (χ4v) is 4.97. The number of pyridine rings is 1. The van der Waals surface area contributed by atoms with E-state index >= 15 is 0 Å². The Labute approximate surface area is 231 Å². The van der Waals surface area contributed by atoms with Gasteiger partial charge >= 0.3 is 5.97 Å². The number of rotatable bonds is 6. The molecule has 1 amide bonds. The Morgan fingerprint density at radius 2 is 1.68 bits per heavy atom. The van der Waals surface area contributed by atoms with Crippen molar-refractivity contribution in [2.24, 2.45) is 7.05 Å². The van der Waals surface area contributed by atoms with Crippen molar-refractivity contribution in [3.8, 4) is 11.1 Å². The van der Waals surface area contributed by atoms with Crippen LogP contribution in [-0.4, -0.2) is 39.6 Å². The summed E-state index contributed by atoms with van der Waals surface area (Å²) in [6.45, 7) is 1.72. The zero-order valence-corrected chi connectivity index (χ0v) is 22.2. The lowest BCUT2D eigenvalue weighted by Gasteiger charge is -2.19. The molecule has 0 fully saturated rings. The highest BCUT2D eigenvalue weighted by atomic mass is 19.1. The molecule has 0 saturated heterocycles. The lowest BCUT2D eigenvalue weighted by molar-refractivity contribution is -0.142. The van der Waals surface area contributed by atoms with Crippen molar-refractivity contribution in [1.29, 1.82) is 0 Å². The molecule has 5 aromatic rings.